The van der Waals surface area contributed by atoms with E-state index in [0.29, 0.717) is 0 Å². The van der Waals surface area contributed by atoms with Gasteiger partial charge in [0, 0.05) is 6.07 Å². The van der Waals surface area contributed by atoms with E-state index in [2.05, 4.69) is 9.72 Å². The normalized spacial score (nSPS) is 9.62. The number of nitro groups is 1. The van der Waals surface area contributed by atoms with Crippen molar-refractivity contribution in [1.82, 2.24) is 4.98 Å². The molecule has 0 amide bonds. The third-order valence-electron chi connectivity index (χ3n) is 1.70. The van der Waals surface area contributed by atoms with Crippen LogP contribution in [0.25, 0.3) is 0 Å². The fourth-order valence-electron chi connectivity index (χ4n) is 0.980. The Kier molecular flexibility index (Phi) is 3.51. The fourth-order valence-corrected chi connectivity index (χ4v) is 1.20. The van der Waals surface area contributed by atoms with Gasteiger partial charge in [-0.3, -0.25) is 14.9 Å². The van der Waals surface area contributed by atoms with Crippen molar-refractivity contribution in [2.24, 2.45) is 0 Å². The van der Waals surface area contributed by atoms with Crippen LogP contribution >= 0.6 is 11.6 Å². The van der Waals surface area contributed by atoms with Crippen LogP contribution in [-0.4, -0.2) is 29.3 Å². The SMILES string of the molecule is COC(=O)c1cc([N+](=O)[O-])c(C=O)nc1Cl. The van der Waals surface area contributed by atoms with E-state index in [0.717, 1.165) is 13.2 Å². The number of aromatic nitrogens is 1. The molecular weight excluding hydrogens is 240 g/mol. The Morgan fingerprint density at radius 1 is 1.69 bits per heavy atom. The highest BCUT2D eigenvalue weighted by molar-refractivity contribution is 6.32. The molecule has 0 aliphatic carbocycles. The van der Waals surface area contributed by atoms with E-state index >= 15 is 0 Å². The third-order valence-corrected chi connectivity index (χ3v) is 1.99. The Balaban J connectivity index is 3.44. The lowest BCUT2D eigenvalue weighted by Gasteiger charge is -2.02. The first-order valence-electron chi connectivity index (χ1n) is 3.89. The van der Waals surface area contributed by atoms with Gasteiger partial charge in [0.15, 0.2) is 12.0 Å². The Morgan fingerprint density at radius 2 is 2.31 bits per heavy atom. The highest BCUT2D eigenvalue weighted by Crippen LogP contribution is 2.23. The molecule has 0 aliphatic rings. The Labute approximate surface area is 94.1 Å². The summed E-state index contributed by atoms with van der Waals surface area (Å²) < 4.78 is 4.35. The molecule has 0 spiro atoms. The topological polar surface area (TPSA) is 99.4 Å². The number of methoxy groups -OCH3 is 1. The highest BCUT2D eigenvalue weighted by Gasteiger charge is 2.22. The number of hydrogen-bond acceptors (Lipinski definition) is 6. The van der Waals surface area contributed by atoms with Gasteiger partial charge in [-0.15, -0.1) is 0 Å². The predicted molar refractivity (Wildman–Crippen MR) is 52.6 cm³/mol. The van der Waals surface area contributed by atoms with Crippen LogP contribution in [0.5, 0.6) is 0 Å². The second-order valence-corrected chi connectivity index (χ2v) is 2.96. The summed E-state index contributed by atoms with van der Waals surface area (Å²) in [5.41, 5.74) is -1.30. The van der Waals surface area contributed by atoms with Crippen molar-refractivity contribution < 1.29 is 19.2 Å². The van der Waals surface area contributed by atoms with Gasteiger partial charge in [0.2, 0.25) is 0 Å². The van der Waals surface area contributed by atoms with Crippen LogP contribution in [0, 0.1) is 10.1 Å². The molecule has 0 N–H and O–H groups in total. The first-order valence-corrected chi connectivity index (χ1v) is 4.27. The summed E-state index contributed by atoms with van der Waals surface area (Å²) in [6, 6.07) is 0.852. The van der Waals surface area contributed by atoms with Crippen LogP contribution in [0.15, 0.2) is 6.07 Å². The van der Waals surface area contributed by atoms with E-state index in [1.54, 1.807) is 0 Å². The van der Waals surface area contributed by atoms with Gasteiger partial charge in [-0.05, 0) is 0 Å². The second kappa shape index (κ2) is 4.67. The van der Waals surface area contributed by atoms with Crippen molar-refractivity contribution >= 4 is 29.5 Å². The molecule has 0 aliphatic heterocycles. The van der Waals surface area contributed by atoms with Crippen molar-refractivity contribution in [3.8, 4) is 0 Å². The minimum absolute atomic E-state index is 0.186. The van der Waals surface area contributed by atoms with Crippen LogP contribution in [0.4, 0.5) is 5.69 Å². The van der Waals surface area contributed by atoms with Crippen LogP contribution < -0.4 is 0 Å². The molecular formula is C8H5ClN2O5. The molecule has 0 unspecified atom stereocenters. The van der Waals surface area contributed by atoms with Crippen molar-refractivity contribution in [3.05, 3.63) is 32.6 Å². The quantitative estimate of drug-likeness (QED) is 0.261. The maximum Gasteiger partial charge on any atom is 0.341 e. The lowest BCUT2D eigenvalue weighted by Crippen LogP contribution is -2.07. The van der Waals surface area contributed by atoms with E-state index in [4.69, 9.17) is 11.6 Å². The number of esters is 1. The van der Waals surface area contributed by atoms with E-state index in [1.807, 2.05) is 0 Å². The number of rotatable bonds is 3. The van der Waals surface area contributed by atoms with Gasteiger partial charge in [-0.1, -0.05) is 11.6 Å². The van der Waals surface area contributed by atoms with Gasteiger partial charge < -0.3 is 4.74 Å². The monoisotopic (exact) mass is 244 g/mol. The summed E-state index contributed by atoms with van der Waals surface area (Å²) in [5, 5.41) is 10.2. The number of carbonyl (C=O) groups excluding carboxylic acids is 2. The molecule has 0 aromatic carbocycles. The zero-order valence-electron chi connectivity index (χ0n) is 7.97. The largest absolute Gasteiger partial charge is 0.465 e. The van der Waals surface area contributed by atoms with E-state index in [1.165, 1.54) is 0 Å². The van der Waals surface area contributed by atoms with E-state index in [9.17, 15) is 19.7 Å². The van der Waals surface area contributed by atoms with Gasteiger partial charge in [0.05, 0.1) is 12.0 Å². The minimum atomic E-state index is -0.863. The Hall–Kier alpha value is -2.02. The van der Waals surface area contributed by atoms with Crippen molar-refractivity contribution in [3.63, 3.8) is 0 Å². The molecule has 84 valence electrons. The number of aldehydes is 1. The zero-order valence-corrected chi connectivity index (χ0v) is 8.72. The van der Waals surface area contributed by atoms with Gasteiger partial charge in [-0.2, -0.15) is 0 Å². The molecule has 0 saturated heterocycles. The summed E-state index contributed by atoms with van der Waals surface area (Å²) in [6.07, 6.45) is 0.186. The molecule has 8 heteroatoms. The molecule has 1 aromatic heterocycles. The molecule has 1 rings (SSSR count). The molecule has 0 atom stereocenters. The van der Waals surface area contributed by atoms with Gasteiger partial charge >= 0.3 is 5.97 Å². The van der Waals surface area contributed by atoms with Crippen LogP contribution in [0.3, 0.4) is 0 Å². The molecule has 0 saturated carbocycles. The molecule has 0 radical (unpaired) electrons. The number of pyridine rings is 1. The second-order valence-electron chi connectivity index (χ2n) is 2.60. The Morgan fingerprint density at radius 3 is 2.75 bits per heavy atom. The fraction of sp³-hybridized carbons (Fsp3) is 0.125. The first-order chi connectivity index (χ1) is 7.51. The average molecular weight is 245 g/mol. The van der Waals surface area contributed by atoms with Crippen molar-refractivity contribution in [2.75, 3.05) is 7.11 Å². The van der Waals surface area contributed by atoms with Gasteiger partial charge in [0.1, 0.15) is 10.7 Å². The van der Waals surface area contributed by atoms with Gasteiger partial charge in [0.25, 0.3) is 5.69 Å². The summed E-state index contributed by atoms with van der Waals surface area (Å²) >= 11 is 5.57. The maximum atomic E-state index is 11.2. The minimum Gasteiger partial charge on any atom is -0.465 e. The summed E-state index contributed by atoms with van der Waals surface area (Å²) in [7, 11) is 1.10. The van der Waals surface area contributed by atoms with Crippen molar-refractivity contribution in [1.29, 1.82) is 0 Å². The van der Waals surface area contributed by atoms with Crippen LogP contribution in [0.2, 0.25) is 5.15 Å². The summed E-state index contributed by atoms with van der Waals surface area (Å²) in [4.78, 5) is 34.8. The zero-order chi connectivity index (χ0) is 12.3. The number of carbonyl (C=O) groups is 2. The number of ether oxygens (including phenoxy) is 1. The van der Waals surface area contributed by atoms with Crippen LogP contribution in [-0.2, 0) is 4.74 Å². The third kappa shape index (κ3) is 2.14. The van der Waals surface area contributed by atoms with E-state index in [-0.39, 0.29) is 17.0 Å². The standard InChI is InChI=1S/C8H5ClN2O5/c1-16-8(13)4-2-6(11(14)15)5(3-12)10-7(4)9/h2-3H,1H3. The number of halogens is 1. The van der Waals surface area contributed by atoms with Crippen molar-refractivity contribution in [2.45, 2.75) is 0 Å². The number of nitrogens with zero attached hydrogens (tertiary/aromatic N) is 2. The molecule has 16 heavy (non-hydrogen) atoms. The summed E-state index contributed by atoms with van der Waals surface area (Å²) in [6.45, 7) is 0. The molecule has 1 aromatic rings. The highest BCUT2D eigenvalue weighted by atomic mass is 35.5. The predicted octanol–water partition coefficient (Wildman–Crippen LogP) is 1.24. The molecule has 0 bridgehead atoms. The smallest absolute Gasteiger partial charge is 0.341 e. The first kappa shape index (κ1) is 12.1. The average Bonchev–Trinajstić information content (AvgIpc) is 2.27. The Bertz CT molecular complexity index is 474. The lowest BCUT2D eigenvalue weighted by molar-refractivity contribution is -0.385. The molecule has 0 fully saturated rings. The maximum absolute atomic E-state index is 11.2. The molecule has 7 nitrogen and oxygen atoms in total. The van der Waals surface area contributed by atoms with Crippen LogP contribution in [0.1, 0.15) is 20.8 Å². The molecule has 1 heterocycles. The summed E-state index contributed by atoms with van der Waals surface area (Å²) in [5.74, 6) is -0.863. The lowest BCUT2D eigenvalue weighted by atomic mass is 10.2. The number of hydrogen-bond donors (Lipinski definition) is 0. The van der Waals surface area contributed by atoms with E-state index < -0.39 is 22.3 Å². The van der Waals surface area contributed by atoms with Gasteiger partial charge in [-0.25, -0.2) is 9.78 Å².